The normalized spacial score (nSPS) is 17.6. The molecule has 0 saturated carbocycles. The third-order valence-electron chi connectivity index (χ3n) is 4.24. The van der Waals surface area contributed by atoms with Crippen molar-refractivity contribution >= 4 is 27.3 Å². The van der Waals surface area contributed by atoms with Crippen LogP contribution < -0.4 is 15.4 Å². The molecule has 27 heavy (non-hydrogen) atoms. The largest absolute Gasteiger partial charge is 0.379 e. The van der Waals surface area contributed by atoms with E-state index in [9.17, 15) is 8.42 Å². The van der Waals surface area contributed by atoms with Gasteiger partial charge in [0.15, 0.2) is 5.96 Å². The monoisotopic (exact) mass is 417 g/mol. The molecule has 0 aliphatic carbocycles. The lowest BCUT2D eigenvalue weighted by Gasteiger charge is -2.33. The Morgan fingerprint density at radius 3 is 2.70 bits per heavy atom. The molecule has 2 rings (SSSR count). The fourth-order valence-electron chi connectivity index (χ4n) is 2.76. The van der Waals surface area contributed by atoms with Gasteiger partial charge in [0.25, 0.3) is 0 Å². The summed E-state index contributed by atoms with van der Waals surface area (Å²) in [5, 5.41) is 8.51. The number of thiophene rings is 1. The van der Waals surface area contributed by atoms with E-state index in [0.29, 0.717) is 25.6 Å². The van der Waals surface area contributed by atoms with Crippen LogP contribution in [0.25, 0.3) is 0 Å². The van der Waals surface area contributed by atoms with Crippen LogP contribution in [0, 0.1) is 0 Å². The summed E-state index contributed by atoms with van der Waals surface area (Å²) in [6.07, 6.45) is 0. The number of hydrogen-bond donors (Lipinski definition) is 3. The Bertz CT molecular complexity index is 658. The van der Waals surface area contributed by atoms with Crippen LogP contribution in [0.2, 0.25) is 0 Å². The molecule has 1 aromatic rings. The fraction of sp³-hybridized carbons (Fsp3) is 0.706. The summed E-state index contributed by atoms with van der Waals surface area (Å²) in [5.41, 5.74) is 0. The average Bonchev–Trinajstić information content (AvgIpc) is 3.20. The van der Waals surface area contributed by atoms with Gasteiger partial charge in [0.05, 0.1) is 31.6 Å². The molecule has 0 amide bonds. The molecule has 1 aliphatic heterocycles. The van der Waals surface area contributed by atoms with E-state index in [2.05, 4.69) is 37.8 Å². The topological polar surface area (TPSA) is 95.1 Å². The molecule has 1 saturated heterocycles. The summed E-state index contributed by atoms with van der Waals surface area (Å²) in [6, 6.07) is 4.45. The average molecular weight is 418 g/mol. The smallest absolute Gasteiger partial charge is 0.211 e. The van der Waals surface area contributed by atoms with Crippen molar-refractivity contribution in [3.8, 4) is 0 Å². The maximum Gasteiger partial charge on any atom is 0.211 e. The Morgan fingerprint density at radius 2 is 2.07 bits per heavy atom. The summed E-state index contributed by atoms with van der Waals surface area (Å²) in [5.74, 6) is 0.784. The maximum atomic E-state index is 11.5. The van der Waals surface area contributed by atoms with Crippen LogP contribution >= 0.6 is 11.3 Å². The first-order valence-electron chi connectivity index (χ1n) is 9.40. The highest BCUT2D eigenvalue weighted by atomic mass is 32.2. The van der Waals surface area contributed by atoms with E-state index in [-0.39, 0.29) is 11.8 Å². The predicted molar refractivity (Wildman–Crippen MR) is 111 cm³/mol. The molecule has 2 heterocycles. The van der Waals surface area contributed by atoms with Crippen LogP contribution in [-0.2, 0) is 14.8 Å². The third kappa shape index (κ3) is 7.74. The minimum Gasteiger partial charge on any atom is -0.379 e. The lowest BCUT2D eigenvalue weighted by atomic mass is 10.2. The van der Waals surface area contributed by atoms with E-state index >= 15 is 0 Å². The number of guanidine groups is 1. The number of hydrogen-bond acceptors (Lipinski definition) is 6. The van der Waals surface area contributed by atoms with E-state index < -0.39 is 10.0 Å². The first-order chi connectivity index (χ1) is 13.1. The molecule has 1 fully saturated rings. The molecule has 3 N–H and O–H groups in total. The van der Waals surface area contributed by atoms with Gasteiger partial charge in [-0.2, -0.15) is 0 Å². The second-order valence-electron chi connectivity index (χ2n) is 6.12. The molecular weight excluding hydrogens is 386 g/mol. The summed E-state index contributed by atoms with van der Waals surface area (Å²) >= 11 is 1.75. The molecule has 0 bridgehead atoms. The van der Waals surface area contributed by atoms with Crippen molar-refractivity contribution in [3.63, 3.8) is 0 Å². The highest BCUT2D eigenvalue weighted by molar-refractivity contribution is 7.89. The minimum atomic E-state index is -3.17. The van der Waals surface area contributed by atoms with Gasteiger partial charge in [-0.15, -0.1) is 11.3 Å². The van der Waals surface area contributed by atoms with Crippen LogP contribution in [0.1, 0.15) is 24.8 Å². The molecule has 1 atom stereocenters. The zero-order chi connectivity index (χ0) is 19.5. The summed E-state index contributed by atoms with van der Waals surface area (Å²) in [6.45, 7) is 9.13. The van der Waals surface area contributed by atoms with Gasteiger partial charge >= 0.3 is 0 Å². The number of nitrogens with one attached hydrogen (secondary N) is 3. The number of morpholine rings is 1. The van der Waals surface area contributed by atoms with Gasteiger partial charge < -0.3 is 15.4 Å². The molecule has 1 aromatic heterocycles. The standard InChI is InChI=1S/C17H31N5O3S2/c1-3-18-17(19-7-8-21-27(23,24)4-2)20-14-15(16-6-5-13-26-16)22-9-11-25-12-10-22/h5-6,13,15,21H,3-4,7-12,14H2,1-2H3,(H2,18,19,20). The number of aliphatic imine (C=N–C) groups is 1. The van der Waals surface area contributed by atoms with E-state index in [4.69, 9.17) is 9.73 Å². The van der Waals surface area contributed by atoms with Gasteiger partial charge in [-0.3, -0.25) is 9.89 Å². The lowest BCUT2D eigenvalue weighted by molar-refractivity contribution is 0.0186. The quantitative estimate of drug-likeness (QED) is 0.293. The van der Waals surface area contributed by atoms with Gasteiger partial charge in [-0.25, -0.2) is 13.1 Å². The second kappa shape index (κ2) is 11.6. The van der Waals surface area contributed by atoms with Crippen molar-refractivity contribution in [2.24, 2.45) is 4.99 Å². The van der Waals surface area contributed by atoms with Gasteiger partial charge in [-0.1, -0.05) is 6.07 Å². The van der Waals surface area contributed by atoms with Crippen molar-refractivity contribution in [2.75, 3.05) is 58.2 Å². The van der Waals surface area contributed by atoms with Crippen LogP contribution in [-0.4, -0.2) is 77.5 Å². The highest BCUT2D eigenvalue weighted by Gasteiger charge is 2.23. The number of ether oxygens (including phenoxy) is 1. The van der Waals surface area contributed by atoms with Crippen LogP contribution in [0.15, 0.2) is 22.5 Å². The molecule has 1 unspecified atom stereocenters. The number of nitrogens with zero attached hydrogens (tertiary/aromatic N) is 2. The first-order valence-corrected chi connectivity index (χ1v) is 11.9. The van der Waals surface area contributed by atoms with Crippen molar-refractivity contribution in [3.05, 3.63) is 22.4 Å². The molecule has 0 spiro atoms. The number of rotatable bonds is 10. The van der Waals surface area contributed by atoms with E-state index in [1.165, 1.54) is 4.88 Å². The molecule has 8 nitrogen and oxygen atoms in total. The van der Waals surface area contributed by atoms with E-state index in [1.54, 1.807) is 18.3 Å². The van der Waals surface area contributed by atoms with Gasteiger partial charge in [0, 0.05) is 37.6 Å². The SMILES string of the molecule is CCNC(=NCC(c1cccs1)N1CCOCC1)NCCNS(=O)(=O)CC. The Hall–Kier alpha value is -1.20. The molecule has 1 aliphatic rings. The molecule has 0 aromatic carbocycles. The third-order valence-corrected chi connectivity index (χ3v) is 6.62. The molecular formula is C17H31N5O3S2. The highest BCUT2D eigenvalue weighted by Crippen LogP contribution is 2.26. The zero-order valence-electron chi connectivity index (χ0n) is 16.1. The Labute approximate surface area is 166 Å². The zero-order valence-corrected chi connectivity index (χ0v) is 17.7. The maximum absolute atomic E-state index is 11.5. The summed E-state index contributed by atoms with van der Waals surface area (Å²) in [7, 11) is -3.17. The minimum absolute atomic E-state index is 0.0865. The summed E-state index contributed by atoms with van der Waals surface area (Å²) < 4.78 is 31.0. The van der Waals surface area contributed by atoms with Crippen LogP contribution in [0.4, 0.5) is 0 Å². The Kier molecular flexibility index (Phi) is 9.49. The molecule has 10 heteroatoms. The van der Waals surface area contributed by atoms with Gasteiger partial charge in [-0.05, 0) is 25.3 Å². The van der Waals surface area contributed by atoms with Crippen molar-refractivity contribution < 1.29 is 13.2 Å². The lowest BCUT2D eigenvalue weighted by Crippen LogP contribution is -2.43. The van der Waals surface area contributed by atoms with E-state index in [1.807, 2.05) is 6.92 Å². The van der Waals surface area contributed by atoms with Crippen molar-refractivity contribution in [1.82, 2.24) is 20.3 Å². The predicted octanol–water partition coefficient (Wildman–Crippen LogP) is 0.616. The molecule has 154 valence electrons. The summed E-state index contributed by atoms with van der Waals surface area (Å²) in [4.78, 5) is 8.45. The fourth-order valence-corrected chi connectivity index (χ4v) is 4.23. The van der Waals surface area contributed by atoms with Crippen molar-refractivity contribution in [2.45, 2.75) is 19.9 Å². The van der Waals surface area contributed by atoms with Crippen LogP contribution in [0.3, 0.4) is 0 Å². The van der Waals surface area contributed by atoms with E-state index in [0.717, 1.165) is 32.8 Å². The Balaban J connectivity index is 1.95. The Morgan fingerprint density at radius 1 is 1.30 bits per heavy atom. The second-order valence-corrected chi connectivity index (χ2v) is 9.20. The van der Waals surface area contributed by atoms with Crippen LogP contribution in [0.5, 0.6) is 0 Å². The van der Waals surface area contributed by atoms with Crippen molar-refractivity contribution in [1.29, 1.82) is 0 Å². The van der Waals surface area contributed by atoms with Gasteiger partial charge in [0.2, 0.25) is 10.0 Å². The number of sulfonamides is 1. The van der Waals surface area contributed by atoms with Gasteiger partial charge in [0.1, 0.15) is 0 Å². The molecule has 0 radical (unpaired) electrons. The first kappa shape index (κ1) is 22.1.